The van der Waals surface area contributed by atoms with Gasteiger partial charge in [0.2, 0.25) is 5.91 Å². The van der Waals surface area contributed by atoms with Crippen LogP contribution in [-0.2, 0) is 10.2 Å². The summed E-state index contributed by atoms with van der Waals surface area (Å²) < 4.78 is 5.19. The molecule has 0 aliphatic carbocycles. The van der Waals surface area contributed by atoms with Gasteiger partial charge >= 0.3 is 0 Å². The molecule has 1 aromatic carbocycles. The molecule has 106 valence electrons. The summed E-state index contributed by atoms with van der Waals surface area (Å²) >= 11 is 0. The summed E-state index contributed by atoms with van der Waals surface area (Å²) in [5.41, 5.74) is 6.02. The van der Waals surface area contributed by atoms with Crippen LogP contribution in [0.2, 0.25) is 0 Å². The molecule has 0 fully saturated rings. The third-order valence-corrected chi connectivity index (χ3v) is 3.08. The number of benzene rings is 1. The first-order chi connectivity index (χ1) is 8.90. The molecule has 0 aromatic heterocycles. The normalized spacial score (nSPS) is 12.9. The molecule has 0 heterocycles. The Morgan fingerprint density at radius 1 is 1.53 bits per heavy atom. The summed E-state index contributed by atoms with van der Waals surface area (Å²) in [5.74, 6) is 0.331. The van der Waals surface area contributed by atoms with Crippen molar-refractivity contribution in [1.29, 1.82) is 0 Å². The van der Waals surface area contributed by atoms with Gasteiger partial charge in [0.1, 0.15) is 11.9 Å². The molecule has 1 amide bonds. The Balaban J connectivity index is 2.72. The van der Waals surface area contributed by atoms with Crippen LogP contribution in [0.15, 0.2) is 24.3 Å². The predicted molar refractivity (Wildman–Crippen MR) is 74.1 cm³/mol. The highest BCUT2D eigenvalue weighted by atomic mass is 16.5. The van der Waals surface area contributed by atoms with E-state index < -0.39 is 12.0 Å². The summed E-state index contributed by atoms with van der Waals surface area (Å²) in [5, 5.41) is 12.0. The number of aliphatic hydroxyl groups is 1. The van der Waals surface area contributed by atoms with Crippen molar-refractivity contribution in [1.82, 2.24) is 5.32 Å². The van der Waals surface area contributed by atoms with Gasteiger partial charge in [0.05, 0.1) is 7.11 Å². The van der Waals surface area contributed by atoms with Crippen molar-refractivity contribution in [3.8, 4) is 5.75 Å². The minimum atomic E-state index is -1.15. The Morgan fingerprint density at radius 2 is 2.21 bits per heavy atom. The van der Waals surface area contributed by atoms with Gasteiger partial charge in [-0.2, -0.15) is 0 Å². The molecule has 0 aliphatic rings. The number of amides is 1. The highest BCUT2D eigenvalue weighted by Gasteiger charge is 2.23. The molecule has 0 aliphatic heterocycles. The van der Waals surface area contributed by atoms with Crippen molar-refractivity contribution >= 4 is 5.91 Å². The molecule has 1 unspecified atom stereocenters. The minimum Gasteiger partial charge on any atom is -0.497 e. The van der Waals surface area contributed by atoms with Crippen LogP contribution in [0.3, 0.4) is 0 Å². The number of hydrogen-bond acceptors (Lipinski definition) is 4. The molecule has 0 bridgehead atoms. The minimum absolute atomic E-state index is 0.0780. The van der Waals surface area contributed by atoms with Crippen LogP contribution >= 0.6 is 0 Å². The van der Waals surface area contributed by atoms with Crippen LogP contribution in [0, 0.1) is 0 Å². The van der Waals surface area contributed by atoms with Crippen LogP contribution in [-0.4, -0.2) is 37.3 Å². The maximum absolute atomic E-state index is 11.5. The number of nitrogens with two attached hydrogens (primary N) is 1. The maximum Gasteiger partial charge on any atom is 0.250 e. The molecule has 1 rings (SSSR count). The number of rotatable bonds is 6. The van der Waals surface area contributed by atoms with Crippen LogP contribution in [0.1, 0.15) is 19.4 Å². The summed E-state index contributed by atoms with van der Waals surface area (Å²) in [6.45, 7) is 4.36. The third kappa shape index (κ3) is 4.22. The van der Waals surface area contributed by atoms with Gasteiger partial charge < -0.3 is 20.9 Å². The molecule has 19 heavy (non-hydrogen) atoms. The summed E-state index contributed by atoms with van der Waals surface area (Å²) in [6, 6.07) is 7.70. The number of hydrogen-bond donors (Lipinski definition) is 3. The molecular weight excluding hydrogens is 244 g/mol. The largest absolute Gasteiger partial charge is 0.497 e. The quantitative estimate of drug-likeness (QED) is 0.696. The van der Waals surface area contributed by atoms with Gasteiger partial charge in [-0.05, 0) is 17.7 Å². The van der Waals surface area contributed by atoms with Crippen molar-refractivity contribution in [2.45, 2.75) is 25.4 Å². The van der Waals surface area contributed by atoms with Crippen molar-refractivity contribution in [2.24, 2.45) is 5.73 Å². The van der Waals surface area contributed by atoms with E-state index in [4.69, 9.17) is 10.5 Å². The first-order valence-corrected chi connectivity index (χ1v) is 6.21. The Hall–Kier alpha value is -1.59. The molecular formula is C14H22N2O3. The standard InChI is InChI=1S/C14H22N2O3/c1-14(2,9-16-13(18)12(17)8-15)10-5-4-6-11(7-10)19-3/h4-7,12,17H,8-9,15H2,1-3H3,(H,16,18). The van der Waals surface area contributed by atoms with Gasteiger partial charge in [0, 0.05) is 18.5 Å². The van der Waals surface area contributed by atoms with Crippen LogP contribution in [0.4, 0.5) is 0 Å². The van der Waals surface area contributed by atoms with Gasteiger partial charge in [-0.1, -0.05) is 26.0 Å². The van der Waals surface area contributed by atoms with E-state index in [1.807, 2.05) is 38.1 Å². The van der Waals surface area contributed by atoms with Crippen LogP contribution in [0.25, 0.3) is 0 Å². The second-order valence-electron chi connectivity index (χ2n) is 5.09. The van der Waals surface area contributed by atoms with E-state index in [2.05, 4.69) is 5.32 Å². The zero-order valence-corrected chi connectivity index (χ0v) is 11.6. The van der Waals surface area contributed by atoms with Gasteiger partial charge in [0.25, 0.3) is 0 Å². The smallest absolute Gasteiger partial charge is 0.250 e. The van der Waals surface area contributed by atoms with Crippen LogP contribution in [0.5, 0.6) is 5.75 Å². The second-order valence-corrected chi connectivity index (χ2v) is 5.09. The highest BCUT2D eigenvalue weighted by molar-refractivity contribution is 5.80. The molecule has 0 saturated carbocycles. The number of ether oxygens (including phenoxy) is 1. The number of nitrogens with one attached hydrogen (secondary N) is 1. The molecule has 1 aromatic rings. The topological polar surface area (TPSA) is 84.6 Å². The lowest BCUT2D eigenvalue weighted by Gasteiger charge is -2.26. The molecule has 0 spiro atoms. The molecule has 4 N–H and O–H groups in total. The number of aliphatic hydroxyl groups excluding tert-OH is 1. The van der Waals surface area contributed by atoms with E-state index in [1.54, 1.807) is 7.11 Å². The number of carbonyl (C=O) groups excluding carboxylic acids is 1. The predicted octanol–water partition coefficient (Wildman–Crippen LogP) is 0.409. The number of carbonyl (C=O) groups is 1. The van der Waals surface area contributed by atoms with Crippen molar-refractivity contribution in [3.63, 3.8) is 0 Å². The van der Waals surface area contributed by atoms with Gasteiger partial charge in [0.15, 0.2) is 0 Å². The Bertz CT molecular complexity index is 432. The monoisotopic (exact) mass is 266 g/mol. The Kier molecular flexibility index (Phi) is 5.32. The fraction of sp³-hybridized carbons (Fsp3) is 0.500. The average molecular weight is 266 g/mol. The number of methoxy groups -OCH3 is 1. The molecule has 0 saturated heterocycles. The Labute approximate surface area is 113 Å². The van der Waals surface area contributed by atoms with E-state index >= 15 is 0 Å². The van der Waals surface area contributed by atoms with E-state index in [0.29, 0.717) is 6.54 Å². The zero-order valence-electron chi connectivity index (χ0n) is 11.6. The van der Waals surface area contributed by atoms with Gasteiger partial charge in [-0.15, -0.1) is 0 Å². The molecule has 0 radical (unpaired) electrons. The first-order valence-electron chi connectivity index (χ1n) is 6.21. The SMILES string of the molecule is COc1cccc(C(C)(C)CNC(=O)C(O)CN)c1. The lowest BCUT2D eigenvalue weighted by atomic mass is 9.84. The molecule has 5 nitrogen and oxygen atoms in total. The first kappa shape index (κ1) is 15.5. The van der Waals surface area contributed by atoms with Crippen molar-refractivity contribution < 1.29 is 14.6 Å². The molecule has 5 heteroatoms. The van der Waals surface area contributed by atoms with Gasteiger partial charge in [-0.3, -0.25) is 4.79 Å². The van der Waals surface area contributed by atoms with E-state index in [9.17, 15) is 9.90 Å². The van der Waals surface area contributed by atoms with Gasteiger partial charge in [-0.25, -0.2) is 0 Å². The lowest BCUT2D eigenvalue weighted by molar-refractivity contribution is -0.129. The summed E-state index contributed by atoms with van der Waals surface area (Å²) in [6.07, 6.45) is -1.15. The summed E-state index contributed by atoms with van der Waals surface area (Å²) in [4.78, 5) is 11.5. The third-order valence-electron chi connectivity index (χ3n) is 3.08. The van der Waals surface area contributed by atoms with E-state index in [-0.39, 0.29) is 12.0 Å². The average Bonchev–Trinajstić information content (AvgIpc) is 2.43. The maximum atomic E-state index is 11.5. The summed E-state index contributed by atoms with van der Waals surface area (Å²) in [7, 11) is 1.62. The molecule has 1 atom stereocenters. The Morgan fingerprint density at radius 3 is 2.79 bits per heavy atom. The van der Waals surface area contributed by atoms with Crippen molar-refractivity contribution in [2.75, 3.05) is 20.2 Å². The second kappa shape index (κ2) is 6.54. The zero-order chi connectivity index (χ0) is 14.5. The highest BCUT2D eigenvalue weighted by Crippen LogP contribution is 2.25. The van der Waals surface area contributed by atoms with Crippen LogP contribution < -0.4 is 15.8 Å². The van der Waals surface area contributed by atoms with E-state index in [0.717, 1.165) is 11.3 Å². The fourth-order valence-corrected chi connectivity index (χ4v) is 1.68. The van der Waals surface area contributed by atoms with E-state index in [1.165, 1.54) is 0 Å². The lowest BCUT2D eigenvalue weighted by Crippen LogP contribution is -2.44. The fourth-order valence-electron chi connectivity index (χ4n) is 1.68. The van der Waals surface area contributed by atoms with Crippen molar-refractivity contribution in [3.05, 3.63) is 29.8 Å².